The van der Waals surface area contributed by atoms with Crippen LogP contribution in [-0.2, 0) is 19.1 Å². The van der Waals surface area contributed by atoms with E-state index in [0.717, 1.165) is 4.90 Å². The summed E-state index contributed by atoms with van der Waals surface area (Å²) in [6.07, 6.45) is 1.27. The van der Waals surface area contributed by atoms with Gasteiger partial charge in [-0.25, -0.2) is 4.79 Å². The molecule has 3 rings (SSSR count). The Morgan fingerprint density at radius 1 is 1.10 bits per heavy atom. The average molecular weight is 429 g/mol. The summed E-state index contributed by atoms with van der Waals surface area (Å²) in [6.45, 7) is 4.84. The lowest BCUT2D eigenvalue weighted by molar-refractivity contribution is -0.157. The van der Waals surface area contributed by atoms with Crippen molar-refractivity contribution < 1.29 is 33.4 Å². The fraction of sp³-hybridized carbons (Fsp3) is 0.522. The molecule has 1 aliphatic carbocycles. The number of ketones is 2. The second kappa shape index (κ2) is 8.61. The second-order valence-corrected chi connectivity index (χ2v) is 8.94. The molecule has 2 amide bonds. The predicted octanol–water partition coefficient (Wildman–Crippen LogP) is 2.58. The number of carbonyl (C=O) groups excluding carboxylic acids is 5. The fourth-order valence-corrected chi connectivity index (χ4v) is 3.98. The van der Waals surface area contributed by atoms with Crippen molar-refractivity contribution in [2.24, 2.45) is 11.8 Å². The number of ether oxygens (including phenoxy) is 2. The van der Waals surface area contributed by atoms with E-state index >= 15 is 0 Å². The van der Waals surface area contributed by atoms with Crippen molar-refractivity contribution in [3.8, 4) is 5.75 Å². The molecule has 0 aromatic heterocycles. The van der Waals surface area contributed by atoms with Gasteiger partial charge in [0.25, 0.3) is 0 Å². The van der Waals surface area contributed by atoms with Gasteiger partial charge in [-0.2, -0.15) is 0 Å². The maximum atomic E-state index is 13.0. The normalized spacial score (nSPS) is 21.4. The lowest BCUT2D eigenvalue weighted by Gasteiger charge is -2.28. The van der Waals surface area contributed by atoms with Crippen LogP contribution in [0.5, 0.6) is 5.75 Å². The van der Waals surface area contributed by atoms with Crippen molar-refractivity contribution in [3.05, 3.63) is 29.3 Å². The quantitative estimate of drug-likeness (QED) is 0.389. The molecule has 0 saturated carbocycles. The molecule has 2 atom stereocenters. The molecule has 0 radical (unpaired) electrons. The van der Waals surface area contributed by atoms with Gasteiger partial charge in [-0.15, -0.1) is 0 Å². The SMILES string of the molecule is CN1C(=O)CCC(CCC2C(=O)c3cccc(OCC(=O)OC(C)(C)C)c3C2=O)C1=O. The number of carbonyl (C=O) groups is 5. The van der Waals surface area contributed by atoms with Crippen LogP contribution in [0.25, 0.3) is 0 Å². The number of hydrogen-bond donors (Lipinski definition) is 0. The Morgan fingerprint density at radius 3 is 2.48 bits per heavy atom. The summed E-state index contributed by atoms with van der Waals surface area (Å²) in [5.74, 6) is -2.84. The van der Waals surface area contributed by atoms with Crippen LogP contribution in [-0.4, -0.2) is 53.5 Å². The summed E-state index contributed by atoms with van der Waals surface area (Å²) in [7, 11) is 1.45. The van der Waals surface area contributed by atoms with Crippen molar-refractivity contribution in [1.82, 2.24) is 4.90 Å². The van der Waals surface area contributed by atoms with Crippen LogP contribution in [0, 0.1) is 11.8 Å². The monoisotopic (exact) mass is 429 g/mol. The molecule has 2 unspecified atom stereocenters. The average Bonchev–Trinajstić information content (AvgIpc) is 2.94. The second-order valence-electron chi connectivity index (χ2n) is 8.94. The van der Waals surface area contributed by atoms with Gasteiger partial charge in [-0.1, -0.05) is 12.1 Å². The van der Waals surface area contributed by atoms with E-state index in [1.165, 1.54) is 7.05 Å². The minimum Gasteiger partial charge on any atom is -0.481 e. The Hall–Kier alpha value is -3.03. The zero-order valence-electron chi connectivity index (χ0n) is 18.2. The fourth-order valence-electron chi connectivity index (χ4n) is 3.98. The van der Waals surface area contributed by atoms with E-state index in [0.29, 0.717) is 12.8 Å². The lowest BCUT2D eigenvalue weighted by atomic mass is 9.87. The molecule has 166 valence electrons. The summed E-state index contributed by atoms with van der Waals surface area (Å²) < 4.78 is 10.7. The number of amides is 2. The van der Waals surface area contributed by atoms with Crippen LogP contribution in [0.2, 0.25) is 0 Å². The van der Waals surface area contributed by atoms with E-state index < -0.39 is 17.5 Å². The molecular formula is C23H27NO7. The molecule has 0 bridgehead atoms. The van der Waals surface area contributed by atoms with E-state index in [4.69, 9.17) is 9.47 Å². The summed E-state index contributed by atoms with van der Waals surface area (Å²) in [5, 5.41) is 0. The van der Waals surface area contributed by atoms with Crippen LogP contribution in [0.3, 0.4) is 0 Å². The molecule has 0 spiro atoms. The largest absolute Gasteiger partial charge is 0.481 e. The van der Waals surface area contributed by atoms with E-state index in [-0.39, 0.29) is 65.6 Å². The Bertz CT molecular complexity index is 944. The predicted molar refractivity (Wildman–Crippen MR) is 110 cm³/mol. The maximum Gasteiger partial charge on any atom is 0.344 e. The molecule has 1 saturated heterocycles. The first kappa shape index (κ1) is 22.7. The minimum atomic E-state index is -0.892. The first-order valence-electron chi connectivity index (χ1n) is 10.4. The van der Waals surface area contributed by atoms with Crippen molar-refractivity contribution in [2.45, 2.75) is 52.1 Å². The highest BCUT2D eigenvalue weighted by Crippen LogP contribution is 2.37. The first-order valence-corrected chi connectivity index (χ1v) is 10.4. The van der Waals surface area contributed by atoms with Crippen LogP contribution in [0.1, 0.15) is 67.2 Å². The number of hydrogen-bond acceptors (Lipinski definition) is 7. The Morgan fingerprint density at radius 2 is 1.81 bits per heavy atom. The number of benzene rings is 1. The molecule has 1 aromatic carbocycles. The van der Waals surface area contributed by atoms with Crippen LogP contribution in [0.15, 0.2) is 18.2 Å². The van der Waals surface area contributed by atoms with Crippen LogP contribution in [0.4, 0.5) is 0 Å². The zero-order valence-corrected chi connectivity index (χ0v) is 18.2. The highest BCUT2D eigenvalue weighted by Gasteiger charge is 2.42. The van der Waals surface area contributed by atoms with Gasteiger partial charge >= 0.3 is 5.97 Å². The summed E-state index contributed by atoms with van der Waals surface area (Å²) in [4.78, 5) is 62.8. The molecule has 0 N–H and O–H groups in total. The molecule has 8 heteroatoms. The van der Waals surface area contributed by atoms with Gasteiger partial charge < -0.3 is 9.47 Å². The summed E-state index contributed by atoms with van der Waals surface area (Å²) in [6, 6.07) is 4.71. The highest BCUT2D eigenvalue weighted by molar-refractivity contribution is 6.27. The molecule has 2 aliphatic rings. The maximum absolute atomic E-state index is 13.0. The molecule has 31 heavy (non-hydrogen) atoms. The lowest BCUT2D eigenvalue weighted by Crippen LogP contribution is -2.42. The Balaban J connectivity index is 1.68. The van der Waals surface area contributed by atoms with Gasteiger partial charge in [-0.05, 0) is 46.1 Å². The number of piperidine rings is 1. The molecular weight excluding hydrogens is 402 g/mol. The number of fused-ring (bicyclic) bond motifs is 1. The van der Waals surface area contributed by atoms with Crippen molar-refractivity contribution in [2.75, 3.05) is 13.7 Å². The molecule has 1 aliphatic heterocycles. The van der Waals surface area contributed by atoms with Gasteiger partial charge in [0.15, 0.2) is 18.2 Å². The molecule has 1 aromatic rings. The Kier molecular flexibility index (Phi) is 6.29. The van der Waals surface area contributed by atoms with Gasteiger partial charge in [0, 0.05) is 24.9 Å². The summed E-state index contributed by atoms with van der Waals surface area (Å²) in [5.41, 5.74) is -0.229. The number of nitrogens with zero attached hydrogens (tertiary/aromatic N) is 1. The third-order valence-electron chi connectivity index (χ3n) is 5.50. The number of rotatable bonds is 6. The van der Waals surface area contributed by atoms with Gasteiger partial charge in [0.2, 0.25) is 11.8 Å². The topological polar surface area (TPSA) is 107 Å². The standard InChI is InChI=1S/C23H27NO7/c1-23(2,3)31-18(26)12-30-16-7-5-6-14-19(16)21(28)15(20(14)27)10-8-13-9-11-17(25)24(4)22(13)29/h5-7,13,15H,8-12H2,1-4H3. The van der Waals surface area contributed by atoms with Gasteiger partial charge in [0.1, 0.15) is 11.4 Å². The van der Waals surface area contributed by atoms with Crippen LogP contribution >= 0.6 is 0 Å². The van der Waals surface area contributed by atoms with E-state index in [9.17, 15) is 24.0 Å². The summed E-state index contributed by atoms with van der Waals surface area (Å²) >= 11 is 0. The number of Topliss-reactive ketones (excluding diaryl/α,β-unsaturated/α-hetero) is 2. The third kappa shape index (κ3) is 4.84. The Labute approximate surface area is 180 Å². The minimum absolute atomic E-state index is 0.170. The first-order chi connectivity index (χ1) is 14.5. The zero-order chi connectivity index (χ0) is 22.9. The van der Waals surface area contributed by atoms with Gasteiger partial charge in [0.05, 0.1) is 11.5 Å². The van der Waals surface area contributed by atoms with E-state index in [1.807, 2.05) is 0 Å². The van der Waals surface area contributed by atoms with Crippen LogP contribution < -0.4 is 4.74 Å². The highest BCUT2D eigenvalue weighted by atomic mass is 16.6. The number of imide groups is 1. The van der Waals surface area contributed by atoms with Crippen molar-refractivity contribution in [1.29, 1.82) is 0 Å². The van der Waals surface area contributed by atoms with E-state index in [1.54, 1.807) is 39.0 Å². The molecule has 1 heterocycles. The number of likely N-dealkylation sites (tertiary alicyclic amines) is 1. The smallest absolute Gasteiger partial charge is 0.344 e. The molecule has 1 fully saturated rings. The van der Waals surface area contributed by atoms with Gasteiger partial charge in [-0.3, -0.25) is 24.1 Å². The molecule has 8 nitrogen and oxygen atoms in total. The number of esters is 1. The van der Waals surface area contributed by atoms with Crippen molar-refractivity contribution >= 4 is 29.4 Å². The third-order valence-corrected chi connectivity index (χ3v) is 5.50. The van der Waals surface area contributed by atoms with E-state index in [2.05, 4.69) is 0 Å². The van der Waals surface area contributed by atoms with Crippen molar-refractivity contribution in [3.63, 3.8) is 0 Å².